The van der Waals surface area contributed by atoms with Crippen LogP contribution in [0.1, 0.15) is 5.69 Å². The van der Waals surface area contributed by atoms with Crippen molar-refractivity contribution in [2.24, 2.45) is 0 Å². The van der Waals surface area contributed by atoms with Crippen LogP contribution in [-0.2, 0) is 6.54 Å². The Hall–Kier alpha value is -1.83. The van der Waals surface area contributed by atoms with Crippen LogP contribution in [0.4, 0.5) is 18.9 Å². The minimum absolute atomic E-state index is 0.380. The Morgan fingerprint density at radius 1 is 1.39 bits per heavy atom. The van der Waals surface area contributed by atoms with Crippen molar-refractivity contribution >= 4 is 17.2 Å². The summed E-state index contributed by atoms with van der Waals surface area (Å²) in [5.41, 5.74) is 1.16. The number of rotatable bonds is 5. The van der Waals surface area contributed by atoms with Gasteiger partial charge in [-0.3, -0.25) is 0 Å². The number of hydrogen-bond donors (Lipinski definition) is 1. The minimum atomic E-state index is -3.04. The third-order valence-corrected chi connectivity index (χ3v) is 2.58. The predicted octanol–water partition coefficient (Wildman–Crippen LogP) is 2.89. The molecule has 0 atom stereocenters. The minimum Gasteiger partial charge on any atom is -0.432 e. The zero-order valence-corrected chi connectivity index (χ0v) is 9.76. The highest BCUT2D eigenvalue weighted by atomic mass is 32.1. The molecule has 0 saturated carbocycles. The number of benzene rings is 1. The van der Waals surface area contributed by atoms with Crippen LogP contribution >= 0.6 is 11.5 Å². The van der Waals surface area contributed by atoms with Gasteiger partial charge < -0.3 is 10.1 Å². The Balaban J connectivity index is 2.00. The van der Waals surface area contributed by atoms with Crippen LogP contribution in [0.15, 0.2) is 23.6 Å². The lowest BCUT2D eigenvalue weighted by Gasteiger charge is -2.08. The summed E-state index contributed by atoms with van der Waals surface area (Å²) in [6.07, 6.45) is 0. The number of hydrogen-bond acceptors (Lipinski definition) is 5. The summed E-state index contributed by atoms with van der Waals surface area (Å²) in [5.74, 6) is -1.33. The molecule has 0 amide bonds. The summed E-state index contributed by atoms with van der Waals surface area (Å²) >= 11 is 1.21. The smallest absolute Gasteiger partial charge is 0.387 e. The normalized spacial score (nSPS) is 10.7. The van der Waals surface area contributed by atoms with Gasteiger partial charge in [0.2, 0.25) is 0 Å². The highest BCUT2D eigenvalue weighted by Gasteiger charge is 2.10. The van der Waals surface area contributed by atoms with Crippen molar-refractivity contribution in [2.75, 3.05) is 5.32 Å². The molecule has 0 spiro atoms. The summed E-state index contributed by atoms with van der Waals surface area (Å²) in [7, 11) is 0. The van der Waals surface area contributed by atoms with E-state index in [-0.39, 0.29) is 0 Å². The van der Waals surface area contributed by atoms with Gasteiger partial charge in [-0.2, -0.15) is 8.78 Å². The van der Waals surface area contributed by atoms with E-state index in [2.05, 4.69) is 19.6 Å². The topological polar surface area (TPSA) is 47.0 Å². The van der Waals surface area contributed by atoms with Crippen molar-refractivity contribution in [1.82, 2.24) is 9.59 Å². The van der Waals surface area contributed by atoms with Gasteiger partial charge in [-0.25, -0.2) is 4.39 Å². The lowest BCUT2D eigenvalue weighted by molar-refractivity contribution is -0.0521. The van der Waals surface area contributed by atoms with Gasteiger partial charge in [0.15, 0.2) is 11.6 Å². The van der Waals surface area contributed by atoms with Gasteiger partial charge in [0, 0.05) is 17.1 Å². The summed E-state index contributed by atoms with van der Waals surface area (Å²) in [4.78, 5) is 0. The maximum absolute atomic E-state index is 13.4. The predicted molar refractivity (Wildman–Crippen MR) is 60.3 cm³/mol. The number of aromatic nitrogens is 2. The summed E-state index contributed by atoms with van der Waals surface area (Å²) < 4.78 is 44.9. The third kappa shape index (κ3) is 3.33. The van der Waals surface area contributed by atoms with E-state index >= 15 is 0 Å². The maximum atomic E-state index is 13.4. The van der Waals surface area contributed by atoms with Crippen molar-refractivity contribution < 1.29 is 17.9 Å². The van der Waals surface area contributed by atoms with Gasteiger partial charge >= 0.3 is 6.61 Å². The third-order valence-electron chi connectivity index (χ3n) is 2.03. The van der Waals surface area contributed by atoms with Gasteiger partial charge in [-0.15, -0.1) is 5.10 Å². The van der Waals surface area contributed by atoms with Gasteiger partial charge in [-0.05, 0) is 23.7 Å². The standard InChI is InChI=1S/C10H8F3N3OS/c11-8-3-6(1-2-9(8)17-10(12)13)14-4-7-5-18-16-15-7/h1-3,5,10,14H,4H2. The second-order valence-electron chi connectivity index (χ2n) is 3.27. The molecule has 2 rings (SSSR count). The monoisotopic (exact) mass is 275 g/mol. The molecule has 0 aliphatic carbocycles. The lowest BCUT2D eigenvalue weighted by Crippen LogP contribution is -2.05. The molecule has 0 unspecified atom stereocenters. The molecule has 1 aromatic carbocycles. The lowest BCUT2D eigenvalue weighted by atomic mass is 10.3. The van der Waals surface area contributed by atoms with Crippen molar-refractivity contribution in [3.63, 3.8) is 0 Å². The van der Waals surface area contributed by atoms with Gasteiger partial charge in [0.25, 0.3) is 0 Å². The molecule has 0 radical (unpaired) electrons. The summed E-state index contributed by atoms with van der Waals surface area (Å²) in [6.45, 7) is -2.66. The molecule has 2 aromatic rings. The summed E-state index contributed by atoms with van der Waals surface area (Å²) in [5, 5.41) is 8.44. The second-order valence-corrected chi connectivity index (χ2v) is 3.88. The first kappa shape index (κ1) is 12.6. The first-order valence-corrected chi connectivity index (χ1v) is 5.73. The van der Waals surface area contributed by atoms with Crippen molar-refractivity contribution in [3.8, 4) is 5.75 Å². The molecule has 0 fully saturated rings. The van der Waals surface area contributed by atoms with E-state index in [9.17, 15) is 13.2 Å². The SMILES string of the molecule is Fc1cc(NCc2csnn2)ccc1OC(F)F. The highest BCUT2D eigenvalue weighted by Crippen LogP contribution is 2.23. The number of alkyl halides is 2. The molecule has 96 valence electrons. The number of nitrogens with one attached hydrogen (secondary N) is 1. The molecular formula is C10H8F3N3OS. The van der Waals surface area contributed by atoms with Crippen LogP contribution in [0.25, 0.3) is 0 Å². The first-order chi connectivity index (χ1) is 8.65. The molecule has 1 heterocycles. The van der Waals surface area contributed by atoms with Crippen LogP contribution in [0, 0.1) is 5.82 Å². The first-order valence-electron chi connectivity index (χ1n) is 4.89. The fraction of sp³-hybridized carbons (Fsp3) is 0.200. The van der Waals surface area contributed by atoms with E-state index in [1.807, 2.05) is 0 Å². The molecule has 18 heavy (non-hydrogen) atoms. The number of anilines is 1. The number of ether oxygens (including phenoxy) is 1. The van der Waals surface area contributed by atoms with Crippen LogP contribution in [0.5, 0.6) is 5.75 Å². The number of halogens is 3. The molecule has 4 nitrogen and oxygen atoms in total. The fourth-order valence-corrected chi connectivity index (χ4v) is 1.71. The van der Waals surface area contributed by atoms with E-state index in [0.717, 1.165) is 12.1 Å². The number of nitrogens with zero attached hydrogens (tertiary/aromatic N) is 2. The van der Waals surface area contributed by atoms with Crippen LogP contribution < -0.4 is 10.1 Å². The molecule has 0 aliphatic rings. The Kier molecular flexibility index (Phi) is 3.98. The van der Waals surface area contributed by atoms with Crippen molar-refractivity contribution in [3.05, 3.63) is 35.1 Å². The Morgan fingerprint density at radius 3 is 2.83 bits per heavy atom. The molecular weight excluding hydrogens is 267 g/mol. The van der Waals surface area contributed by atoms with Gasteiger partial charge in [0.05, 0.1) is 12.2 Å². The molecule has 0 saturated heterocycles. The average Bonchev–Trinajstić information content (AvgIpc) is 2.82. The molecule has 1 aromatic heterocycles. The largest absolute Gasteiger partial charge is 0.432 e. The van der Waals surface area contributed by atoms with E-state index in [1.165, 1.54) is 17.6 Å². The quantitative estimate of drug-likeness (QED) is 0.911. The van der Waals surface area contributed by atoms with E-state index in [4.69, 9.17) is 0 Å². The Morgan fingerprint density at radius 2 is 2.22 bits per heavy atom. The van der Waals surface area contributed by atoms with Crippen LogP contribution in [0.3, 0.4) is 0 Å². The van der Waals surface area contributed by atoms with E-state index in [0.29, 0.717) is 17.9 Å². The average molecular weight is 275 g/mol. The Labute approximate surface area is 105 Å². The van der Waals surface area contributed by atoms with Crippen LogP contribution in [-0.4, -0.2) is 16.2 Å². The fourth-order valence-electron chi connectivity index (χ4n) is 1.26. The molecule has 0 bridgehead atoms. The van der Waals surface area contributed by atoms with Gasteiger partial charge in [-0.1, -0.05) is 4.49 Å². The van der Waals surface area contributed by atoms with Gasteiger partial charge in [0.1, 0.15) is 0 Å². The zero-order valence-electron chi connectivity index (χ0n) is 8.94. The Bertz CT molecular complexity index is 507. The molecule has 0 aliphatic heterocycles. The van der Waals surface area contributed by atoms with Crippen molar-refractivity contribution in [2.45, 2.75) is 13.2 Å². The van der Waals surface area contributed by atoms with E-state index < -0.39 is 18.2 Å². The van der Waals surface area contributed by atoms with Crippen LogP contribution in [0.2, 0.25) is 0 Å². The van der Waals surface area contributed by atoms with Crippen molar-refractivity contribution in [1.29, 1.82) is 0 Å². The second kappa shape index (κ2) is 5.67. The maximum Gasteiger partial charge on any atom is 0.387 e. The summed E-state index contributed by atoms with van der Waals surface area (Å²) in [6, 6.07) is 3.67. The molecule has 8 heteroatoms. The van der Waals surface area contributed by atoms with E-state index in [1.54, 1.807) is 5.38 Å². The zero-order chi connectivity index (χ0) is 13.0. The molecule has 1 N–H and O–H groups in total. The highest BCUT2D eigenvalue weighted by molar-refractivity contribution is 7.03.